The normalized spacial score (nSPS) is 12.2. The van der Waals surface area contributed by atoms with Gasteiger partial charge in [-0.3, -0.25) is 4.79 Å². The van der Waals surface area contributed by atoms with Gasteiger partial charge in [-0.2, -0.15) is 13.2 Å². The predicted octanol–water partition coefficient (Wildman–Crippen LogP) is 1.11. The number of ether oxygens (including phenoxy) is 1. The molecular formula is C12H10F3N3O4S. The Morgan fingerprint density at radius 3 is 2.39 bits per heavy atom. The van der Waals surface area contributed by atoms with Gasteiger partial charge in [0, 0.05) is 12.3 Å². The molecule has 0 radical (unpaired) electrons. The third kappa shape index (κ3) is 3.51. The van der Waals surface area contributed by atoms with E-state index in [-0.39, 0.29) is 17.0 Å². The molecule has 0 atom stereocenters. The third-order valence-corrected chi connectivity index (χ3v) is 3.74. The summed E-state index contributed by atoms with van der Waals surface area (Å²) in [6.07, 6.45) is -3.00. The molecule has 0 saturated carbocycles. The summed E-state index contributed by atoms with van der Waals surface area (Å²) >= 11 is 0. The lowest BCUT2D eigenvalue weighted by atomic mass is 10.1. The number of aromatic amines is 1. The minimum atomic E-state index is -4.72. The number of methoxy groups -OCH3 is 1. The first-order valence-electron chi connectivity index (χ1n) is 5.91. The van der Waals surface area contributed by atoms with Crippen LogP contribution in [0.1, 0.15) is 5.69 Å². The number of nitrogens with two attached hydrogens (primary N) is 1. The molecule has 0 aliphatic rings. The number of H-pyrrole nitrogens is 1. The van der Waals surface area contributed by atoms with Crippen LogP contribution in [-0.2, 0) is 16.2 Å². The van der Waals surface area contributed by atoms with Gasteiger partial charge in [-0.05, 0) is 6.07 Å². The van der Waals surface area contributed by atoms with Crippen LogP contribution in [0.15, 0.2) is 34.2 Å². The van der Waals surface area contributed by atoms with Gasteiger partial charge in [0.2, 0.25) is 15.9 Å². The van der Waals surface area contributed by atoms with Crippen LogP contribution in [0.4, 0.5) is 13.2 Å². The molecule has 3 N–H and O–H groups in total. The van der Waals surface area contributed by atoms with E-state index < -0.39 is 32.2 Å². The van der Waals surface area contributed by atoms with Crippen molar-refractivity contribution in [1.82, 2.24) is 9.97 Å². The second-order valence-corrected chi connectivity index (χ2v) is 5.96. The third-order valence-electron chi connectivity index (χ3n) is 2.86. The van der Waals surface area contributed by atoms with Crippen molar-refractivity contribution in [2.24, 2.45) is 5.14 Å². The van der Waals surface area contributed by atoms with Crippen LogP contribution in [0.2, 0.25) is 0 Å². The van der Waals surface area contributed by atoms with Crippen molar-refractivity contribution in [3.8, 4) is 17.0 Å². The van der Waals surface area contributed by atoms with Crippen LogP contribution < -0.4 is 15.3 Å². The zero-order chi connectivity index (χ0) is 17.4. The number of rotatable bonds is 3. The van der Waals surface area contributed by atoms with Gasteiger partial charge < -0.3 is 9.72 Å². The van der Waals surface area contributed by atoms with Crippen LogP contribution in [0.25, 0.3) is 11.1 Å². The van der Waals surface area contributed by atoms with Crippen LogP contribution in [0.3, 0.4) is 0 Å². The topological polar surface area (TPSA) is 115 Å². The molecule has 0 aliphatic heterocycles. The summed E-state index contributed by atoms with van der Waals surface area (Å²) in [5, 5.41) is 4.97. The Morgan fingerprint density at radius 2 is 1.91 bits per heavy atom. The van der Waals surface area contributed by atoms with Gasteiger partial charge in [-0.25, -0.2) is 18.5 Å². The van der Waals surface area contributed by atoms with Gasteiger partial charge >= 0.3 is 6.18 Å². The van der Waals surface area contributed by atoms with Gasteiger partial charge in [0.1, 0.15) is 10.6 Å². The fraction of sp³-hybridized carbons (Fsp3) is 0.167. The van der Waals surface area contributed by atoms with E-state index >= 15 is 0 Å². The number of nitrogens with one attached hydrogen (secondary N) is 1. The lowest BCUT2D eigenvalue weighted by Gasteiger charge is -2.10. The molecule has 0 spiro atoms. The van der Waals surface area contributed by atoms with Crippen molar-refractivity contribution in [1.29, 1.82) is 0 Å². The van der Waals surface area contributed by atoms with Crippen LogP contribution in [-0.4, -0.2) is 25.5 Å². The molecule has 0 amide bonds. The summed E-state index contributed by atoms with van der Waals surface area (Å²) in [6.45, 7) is 0. The minimum Gasteiger partial charge on any atom is -0.481 e. The molecule has 7 nitrogen and oxygen atoms in total. The SMILES string of the molecule is COc1ncc(S(N)(=O)=O)cc1-c1c[nH]c(C(F)(F)F)cc1=O. The Bertz CT molecular complexity index is 906. The van der Waals surface area contributed by atoms with Crippen molar-refractivity contribution in [2.45, 2.75) is 11.1 Å². The second kappa shape index (κ2) is 5.66. The summed E-state index contributed by atoms with van der Waals surface area (Å²) in [4.78, 5) is 17.2. The second-order valence-electron chi connectivity index (χ2n) is 4.40. The molecule has 2 aromatic rings. The highest BCUT2D eigenvalue weighted by Crippen LogP contribution is 2.30. The number of aromatic nitrogens is 2. The van der Waals surface area contributed by atoms with Gasteiger partial charge in [-0.1, -0.05) is 0 Å². The van der Waals surface area contributed by atoms with Crippen molar-refractivity contribution in [2.75, 3.05) is 7.11 Å². The fourth-order valence-corrected chi connectivity index (χ4v) is 2.27. The van der Waals surface area contributed by atoms with E-state index in [1.54, 1.807) is 0 Å². The van der Waals surface area contributed by atoms with Crippen molar-refractivity contribution >= 4 is 10.0 Å². The Kier molecular flexibility index (Phi) is 4.18. The quantitative estimate of drug-likeness (QED) is 0.861. The smallest absolute Gasteiger partial charge is 0.431 e. The molecule has 124 valence electrons. The standard InChI is InChI=1S/C12H10F3N3O4S/c1-22-11-7(2-6(4-18-11)23(16,20)21)8-5-17-10(3-9(8)19)12(13,14)15/h2-5H,1H3,(H,17,19)(H2,16,20,21). The Morgan fingerprint density at radius 1 is 1.26 bits per heavy atom. The summed E-state index contributed by atoms with van der Waals surface area (Å²) in [7, 11) is -2.90. The molecule has 0 unspecified atom stereocenters. The number of halogens is 3. The van der Waals surface area contributed by atoms with Gasteiger partial charge in [-0.15, -0.1) is 0 Å². The molecule has 0 saturated heterocycles. The number of pyridine rings is 2. The Labute approximate surface area is 128 Å². The first-order valence-corrected chi connectivity index (χ1v) is 7.46. The van der Waals surface area contributed by atoms with Gasteiger partial charge in [0.05, 0.1) is 24.4 Å². The highest BCUT2D eigenvalue weighted by molar-refractivity contribution is 7.89. The zero-order valence-corrected chi connectivity index (χ0v) is 12.3. The molecule has 2 rings (SSSR count). The monoisotopic (exact) mass is 349 g/mol. The number of nitrogens with zero attached hydrogens (tertiary/aromatic N) is 1. The van der Waals surface area contributed by atoms with E-state index in [4.69, 9.17) is 9.88 Å². The van der Waals surface area contributed by atoms with E-state index in [0.29, 0.717) is 6.07 Å². The number of alkyl halides is 3. The maximum Gasteiger partial charge on any atom is 0.431 e. The molecule has 2 aromatic heterocycles. The van der Waals surface area contributed by atoms with Crippen molar-refractivity contribution in [3.63, 3.8) is 0 Å². The number of hydrogen-bond acceptors (Lipinski definition) is 5. The Hall–Kier alpha value is -2.40. The summed E-state index contributed by atoms with van der Waals surface area (Å²) in [5.41, 5.74) is -2.56. The molecule has 0 aromatic carbocycles. The summed E-state index contributed by atoms with van der Waals surface area (Å²) in [6, 6.07) is 1.36. The van der Waals surface area contributed by atoms with E-state index in [9.17, 15) is 26.4 Å². The zero-order valence-electron chi connectivity index (χ0n) is 11.5. The lowest BCUT2D eigenvalue weighted by molar-refractivity contribution is -0.141. The van der Waals surface area contributed by atoms with Crippen LogP contribution in [0.5, 0.6) is 5.88 Å². The molecule has 0 bridgehead atoms. The molecule has 23 heavy (non-hydrogen) atoms. The lowest BCUT2D eigenvalue weighted by Crippen LogP contribution is -2.16. The molecule has 11 heteroatoms. The first-order chi connectivity index (χ1) is 10.5. The number of sulfonamides is 1. The van der Waals surface area contributed by atoms with Crippen LogP contribution in [0, 0.1) is 0 Å². The predicted molar refractivity (Wildman–Crippen MR) is 73.2 cm³/mol. The average molecular weight is 349 g/mol. The maximum absolute atomic E-state index is 12.6. The summed E-state index contributed by atoms with van der Waals surface area (Å²) in [5.74, 6) is -0.136. The van der Waals surface area contributed by atoms with E-state index in [0.717, 1.165) is 18.5 Å². The van der Waals surface area contributed by atoms with Gasteiger partial charge in [0.25, 0.3) is 0 Å². The van der Waals surface area contributed by atoms with E-state index in [2.05, 4.69) is 4.98 Å². The largest absolute Gasteiger partial charge is 0.481 e. The number of hydrogen-bond donors (Lipinski definition) is 2. The molecule has 0 fully saturated rings. The minimum absolute atomic E-state index is 0.103. The van der Waals surface area contributed by atoms with Gasteiger partial charge in [0.15, 0.2) is 5.43 Å². The number of primary sulfonamides is 1. The molecule has 0 aliphatic carbocycles. The molecular weight excluding hydrogens is 339 g/mol. The van der Waals surface area contributed by atoms with Crippen molar-refractivity contribution < 1.29 is 26.3 Å². The van der Waals surface area contributed by atoms with Crippen LogP contribution >= 0.6 is 0 Å². The average Bonchev–Trinajstić information content (AvgIpc) is 2.44. The first kappa shape index (κ1) is 17.0. The highest BCUT2D eigenvalue weighted by atomic mass is 32.2. The van der Waals surface area contributed by atoms with E-state index in [1.165, 1.54) is 7.11 Å². The highest BCUT2D eigenvalue weighted by Gasteiger charge is 2.32. The van der Waals surface area contributed by atoms with E-state index in [1.807, 2.05) is 4.98 Å². The Balaban J connectivity index is 2.69. The maximum atomic E-state index is 12.6. The fourth-order valence-electron chi connectivity index (χ4n) is 1.79. The van der Waals surface area contributed by atoms with Crippen molar-refractivity contribution in [3.05, 3.63) is 40.4 Å². The molecule has 2 heterocycles. The summed E-state index contributed by atoms with van der Waals surface area (Å²) < 4.78 is 65.3.